The highest BCUT2D eigenvalue weighted by Gasteiger charge is 2.85. The van der Waals surface area contributed by atoms with E-state index in [-0.39, 0.29) is 0 Å². The quantitative estimate of drug-likeness (QED) is 0.0868. The molecule has 60 heavy (non-hydrogen) atoms. The third-order valence-corrected chi connectivity index (χ3v) is 21.5. The lowest BCUT2D eigenvalue weighted by atomic mass is 9.40. The lowest BCUT2D eigenvalue weighted by Crippen LogP contribution is -2.60. The van der Waals surface area contributed by atoms with Crippen LogP contribution in [0.5, 0.6) is 0 Å². The lowest BCUT2D eigenvalue weighted by Gasteiger charge is -2.63. The Morgan fingerprint density at radius 2 is 0.667 bits per heavy atom. The van der Waals surface area contributed by atoms with E-state index in [0.29, 0.717) is 82.6 Å². The van der Waals surface area contributed by atoms with Crippen molar-refractivity contribution in [3.63, 3.8) is 0 Å². The Balaban J connectivity index is 0.770. The minimum atomic E-state index is -0.497. The summed E-state index contributed by atoms with van der Waals surface area (Å²) in [5, 5.41) is 4.57. The van der Waals surface area contributed by atoms with E-state index in [1.54, 1.807) is 22.3 Å². The number of pyridine rings is 4. The van der Waals surface area contributed by atoms with Crippen LogP contribution in [0.1, 0.15) is 75.6 Å². The predicted molar refractivity (Wildman–Crippen MR) is 228 cm³/mol. The van der Waals surface area contributed by atoms with Gasteiger partial charge < -0.3 is 0 Å². The molecule has 4 aromatic heterocycles. The minimum absolute atomic E-state index is 0.387. The van der Waals surface area contributed by atoms with Crippen molar-refractivity contribution in [1.82, 2.24) is 19.9 Å². The summed E-state index contributed by atoms with van der Waals surface area (Å²) >= 11 is 0. The molecule has 17 rings (SSSR count). The van der Waals surface area contributed by atoms with Crippen molar-refractivity contribution < 1.29 is 9.59 Å². The second-order valence-corrected chi connectivity index (χ2v) is 22.3. The van der Waals surface area contributed by atoms with Gasteiger partial charge in [0.05, 0.1) is 43.7 Å². The predicted octanol–water partition coefficient (Wildman–Crippen LogP) is 9.45. The number of Topliss-reactive ketones (excluding diaryl/α,β-unsaturated/α-hetero) is 2. The maximum absolute atomic E-state index is 15.3. The number of benzene rings is 2. The van der Waals surface area contributed by atoms with Crippen molar-refractivity contribution in [3.05, 3.63) is 118 Å². The maximum atomic E-state index is 15.3. The first-order valence-electron chi connectivity index (χ1n) is 23.0. The minimum Gasteiger partial charge on any atom is -0.298 e. The van der Waals surface area contributed by atoms with Crippen molar-refractivity contribution in [2.75, 3.05) is 0 Å². The molecule has 16 atom stereocenters. The van der Waals surface area contributed by atoms with Gasteiger partial charge in [-0.05, 0) is 171 Å². The van der Waals surface area contributed by atoms with E-state index in [9.17, 15) is 0 Å². The first-order chi connectivity index (χ1) is 29.2. The van der Waals surface area contributed by atoms with Crippen molar-refractivity contribution in [2.45, 2.75) is 75.0 Å². The Morgan fingerprint density at radius 1 is 0.417 bits per heavy atom. The van der Waals surface area contributed by atoms with E-state index in [1.807, 2.05) is 24.8 Å². The van der Waals surface area contributed by atoms with Gasteiger partial charge in [0, 0.05) is 46.3 Å². The standard InChI is InChI=1S/C54H44N4O2/c1-51-37-21-9-5-13-55-45(21)46-22(10-6-14-56-46)38(37)52(2,49(51)59)42-34-30-19-29(33(34)41(42)51)25-17-27-28(18-26(25)30)32-20-31(27)35-36(32)44-43(35)53(3)39-23-11-7-15-57-47(23)48-24(12-8-16-58-48)40(39)54(44,4)50(53)60/h5-16,29-36,41-44H,17-20H2,1-4H3/t29-,30+,31-,32+,33-,34+,35-,36+,41-,42+,43+,44-,51+,52-,53-,54+. The lowest BCUT2D eigenvalue weighted by molar-refractivity contribution is -0.125. The SMILES string of the molecule is C[C@]12C(=O)[C@](C)(c3c1c1cccnc1c1ncccc31)[C@H]1[C@H]3[C@@H]([C@H]12)[C@H]1C[C@@H]3C2=C1CC1=C(C2)[C@H]2C[C@@H]1[C@H]1[C@@H]2[C@@H]2[C@H]1[C@]1(C)C(=O)[C@@]2(C)c2c1c1cccnc1c1ncccc21. The van der Waals surface area contributed by atoms with Crippen molar-refractivity contribution in [3.8, 4) is 0 Å². The Bertz CT molecular complexity index is 2920. The molecule has 0 aliphatic heterocycles. The fourth-order valence-electron chi connectivity index (χ4n) is 20.4. The number of rotatable bonds is 0. The second kappa shape index (κ2) is 9.08. The molecule has 2 aromatic carbocycles. The summed E-state index contributed by atoms with van der Waals surface area (Å²) < 4.78 is 0. The average molecular weight is 781 g/mol. The van der Waals surface area contributed by atoms with Crippen molar-refractivity contribution >= 4 is 55.2 Å². The molecule has 0 spiro atoms. The van der Waals surface area contributed by atoms with Gasteiger partial charge in [-0.3, -0.25) is 29.5 Å². The van der Waals surface area contributed by atoms with Gasteiger partial charge >= 0.3 is 0 Å². The van der Waals surface area contributed by atoms with Gasteiger partial charge in [0.25, 0.3) is 0 Å². The molecule has 6 nitrogen and oxygen atoms in total. The number of carbonyl (C=O) groups is 2. The van der Waals surface area contributed by atoms with Gasteiger partial charge in [-0.15, -0.1) is 0 Å². The molecule has 11 aliphatic carbocycles. The normalized spacial score (nSPS) is 45.6. The van der Waals surface area contributed by atoms with Gasteiger partial charge in [0.15, 0.2) is 11.6 Å². The van der Waals surface area contributed by atoms with E-state index in [0.717, 1.165) is 56.5 Å². The van der Waals surface area contributed by atoms with E-state index in [2.05, 4.69) is 76.2 Å². The molecule has 4 heterocycles. The average Bonchev–Trinajstić information content (AvgIpc) is 4.07. The van der Waals surface area contributed by atoms with Crippen LogP contribution < -0.4 is 0 Å². The number of allylic oxidation sites excluding steroid dienone is 4. The van der Waals surface area contributed by atoms with E-state index in [1.165, 1.54) is 35.1 Å². The Labute approximate surface area is 347 Å². The first-order valence-corrected chi connectivity index (χ1v) is 23.0. The monoisotopic (exact) mass is 780 g/mol. The van der Waals surface area contributed by atoms with E-state index < -0.39 is 21.7 Å². The Morgan fingerprint density at radius 3 is 0.917 bits per heavy atom. The van der Waals surface area contributed by atoms with E-state index in [4.69, 9.17) is 19.9 Å². The summed E-state index contributed by atoms with van der Waals surface area (Å²) in [4.78, 5) is 50.2. The van der Waals surface area contributed by atoms with Crippen molar-refractivity contribution in [1.29, 1.82) is 0 Å². The zero-order chi connectivity index (χ0) is 39.5. The molecule has 6 aromatic rings. The zero-order valence-electron chi connectivity index (χ0n) is 34.3. The summed E-state index contributed by atoms with van der Waals surface area (Å²) in [5.41, 5.74) is 14.1. The first kappa shape index (κ1) is 31.7. The number of ketones is 2. The van der Waals surface area contributed by atoms with Crippen LogP contribution in [-0.2, 0) is 31.2 Å². The van der Waals surface area contributed by atoms with Crippen molar-refractivity contribution in [2.24, 2.45) is 71.0 Å². The third kappa shape index (κ3) is 2.67. The van der Waals surface area contributed by atoms with Crippen LogP contribution in [0.15, 0.2) is 95.6 Å². The molecule has 292 valence electrons. The molecule has 0 radical (unpaired) electrons. The highest BCUT2D eigenvalue weighted by molar-refractivity contribution is 6.20. The van der Waals surface area contributed by atoms with Crippen LogP contribution in [0.2, 0.25) is 0 Å². The largest absolute Gasteiger partial charge is 0.298 e. The summed E-state index contributed by atoms with van der Waals surface area (Å²) in [6, 6.07) is 17.1. The van der Waals surface area contributed by atoms with Crippen LogP contribution in [0, 0.1) is 71.0 Å². The zero-order valence-corrected chi connectivity index (χ0v) is 34.3. The fraction of sp³-hybridized carbons (Fsp3) is 0.444. The molecule has 0 saturated heterocycles. The molecule has 8 bridgehead atoms. The van der Waals surface area contributed by atoms with Crippen LogP contribution in [0.3, 0.4) is 0 Å². The molecular formula is C54H44N4O2. The summed E-state index contributed by atoms with van der Waals surface area (Å²) in [7, 11) is 0. The third-order valence-electron chi connectivity index (χ3n) is 21.5. The smallest absolute Gasteiger partial charge is 0.153 e. The molecule has 0 unspecified atom stereocenters. The molecule has 11 aliphatic rings. The molecular weight excluding hydrogens is 737 g/mol. The Kier molecular flexibility index (Phi) is 4.80. The number of carbonyl (C=O) groups excluding carboxylic acids is 2. The summed E-state index contributed by atoms with van der Waals surface area (Å²) in [5.74, 6) is 7.24. The van der Waals surface area contributed by atoms with Gasteiger partial charge in [0.2, 0.25) is 0 Å². The van der Waals surface area contributed by atoms with Gasteiger partial charge in [-0.25, -0.2) is 0 Å². The second-order valence-electron chi connectivity index (χ2n) is 22.3. The number of nitrogens with zero attached hydrogens (tertiary/aromatic N) is 4. The van der Waals surface area contributed by atoms with Gasteiger partial charge in [-0.2, -0.15) is 0 Å². The summed E-state index contributed by atoms with van der Waals surface area (Å²) in [6.07, 6.45) is 12.5. The topological polar surface area (TPSA) is 85.7 Å². The molecule has 6 fully saturated rings. The number of hydrogen-bond donors (Lipinski definition) is 0. The van der Waals surface area contributed by atoms with Crippen LogP contribution in [0.25, 0.3) is 43.6 Å². The molecule has 6 saturated carbocycles. The van der Waals surface area contributed by atoms with Gasteiger partial charge in [0.1, 0.15) is 0 Å². The highest BCUT2D eigenvalue weighted by atomic mass is 16.1. The van der Waals surface area contributed by atoms with E-state index >= 15 is 9.59 Å². The van der Waals surface area contributed by atoms with Crippen LogP contribution >= 0.6 is 0 Å². The Hall–Kier alpha value is -5.10. The number of aromatic nitrogens is 4. The molecule has 6 heteroatoms. The van der Waals surface area contributed by atoms with Crippen LogP contribution in [0.4, 0.5) is 0 Å². The number of hydrogen-bond acceptors (Lipinski definition) is 6. The fourth-order valence-corrected chi connectivity index (χ4v) is 20.4. The molecule has 0 amide bonds. The molecule has 0 N–H and O–H groups in total. The number of fused-ring (bicyclic) bond motifs is 44. The van der Waals surface area contributed by atoms with Crippen LogP contribution in [-0.4, -0.2) is 31.5 Å². The highest BCUT2D eigenvalue weighted by Crippen LogP contribution is 2.85. The maximum Gasteiger partial charge on any atom is 0.153 e. The van der Waals surface area contributed by atoms with Gasteiger partial charge in [-0.1, -0.05) is 46.6 Å². The summed E-state index contributed by atoms with van der Waals surface area (Å²) in [6.45, 7) is 9.37.